The number of carbonyl (C=O) groups is 1. The number of aromatic nitrogens is 2. The Morgan fingerprint density at radius 3 is 2.33 bits per heavy atom. The van der Waals surface area contributed by atoms with Crippen LogP contribution < -0.4 is 9.80 Å². The van der Waals surface area contributed by atoms with E-state index in [1.807, 2.05) is 11.8 Å². The summed E-state index contributed by atoms with van der Waals surface area (Å²) in [6.45, 7) is 3.53. The van der Waals surface area contributed by atoms with Crippen molar-refractivity contribution in [1.29, 1.82) is 0 Å². The molecule has 0 spiro atoms. The van der Waals surface area contributed by atoms with Gasteiger partial charge in [-0.15, -0.1) is 0 Å². The Balaban J connectivity index is 1.56. The molecule has 1 saturated carbocycles. The van der Waals surface area contributed by atoms with Gasteiger partial charge < -0.3 is 14.5 Å². The molecule has 1 aromatic heterocycles. The van der Waals surface area contributed by atoms with Crippen molar-refractivity contribution >= 4 is 17.7 Å². The van der Waals surface area contributed by atoms with E-state index < -0.39 is 17.7 Å². The number of anilines is 2. The summed E-state index contributed by atoms with van der Waals surface area (Å²) in [5.41, 5.74) is -0.932. The summed E-state index contributed by atoms with van der Waals surface area (Å²) in [6, 6.07) is 4.99. The highest BCUT2D eigenvalue weighted by molar-refractivity contribution is 5.80. The molecule has 176 valence electrons. The smallest absolute Gasteiger partial charge is 0.434 e. The number of carbonyl (C=O) groups excluding carboxylic acids is 1. The predicted octanol–water partition coefficient (Wildman–Crippen LogP) is 4.15. The topological polar surface area (TPSA) is 58.6 Å². The first-order valence-corrected chi connectivity index (χ1v) is 11.0. The number of hydrogen-bond donors (Lipinski definition) is 0. The van der Waals surface area contributed by atoms with Crippen molar-refractivity contribution in [1.82, 2.24) is 9.97 Å². The number of alkyl halides is 3. The normalized spacial score (nSPS) is 26.1. The van der Waals surface area contributed by atoms with Crippen molar-refractivity contribution in [2.45, 2.75) is 32.0 Å². The Morgan fingerprint density at radius 2 is 1.82 bits per heavy atom. The fourth-order valence-electron chi connectivity index (χ4n) is 5.10. The molecule has 3 aliphatic rings. The van der Waals surface area contributed by atoms with Crippen LogP contribution in [0, 0.1) is 23.6 Å². The van der Waals surface area contributed by atoms with Crippen molar-refractivity contribution < 1.29 is 27.1 Å². The van der Waals surface area contributed by atoms with Gasteiger partial charge in [0.05, 0.1) is 12.7 Å². The van der Waals surface area contributed by atoms with Crippen molar-refractivity contribution in [3.63, 3.8) is 0 Å². The van der Waals surface area contributed by atoms with Crippen LogP contribution in [0.5, 0.6) is 0 Å². The largest absolute Gasteiger partial charge is 0.469 e. The zero-order valence-electron chi connectivity index (χ0n) is 18.3. The van der Waals surface area contributed by atoms with Gasteiger partial charge in [-0.3, -0.25) is 4.79 Å². The number of methoxy groups -OCH3 is 1. The van der Waals surface area contributed by atoms with E-state index in [1.54, 1.807) is 4.90 Å². The molecule has 2 aliphatic heterocycles. The van der Waals surface area contributed by atoms with Gasteiger partial charge in [0, 0.05) is 32.1 Å². The van der Waals surface area contributed by atoms with E-state index >= 15 is 0 Å². The molecule has 4 atom stereocenters. The lowest BCUT2D eigenvalue weighted by molar-refractivity contribution is -0.141. The van der Waals surface area contributed by atoms with E-state index in [1.165, 1.54) is 19.2 Å². The van der Waals surface area contributed by atoms with Crippen LogP contribution >= 0.6 is 0 Å². The lowest BCUT2D eigenvalue weighted by Crippen LogP contribution is -2.47. The molecule has 0 N–H and O–H groups in total. The van der Waals surface area contributed by atoms with Gasteiger partial charge in [-0.2, -0.15) is 18.2 Å². The molecule has 10 heteroatoms. The third-order valence-electron chi connectivity index (χ3n) is 7.16. The molecule has 2 aromatic rings. The van der Waals surface area contributed by atoms with Crippen LogP contribution in [0.1, 0.15) is 25.5 Å². The monoisotopic (exact) mass is 464 g/mol. The number of hydrogen-bond acceptors (Lipinski definition) is 6. The van der Waals surface area contributed by atoms with E-state index in [4.69, 9.17) is 4.74 Å². The first kappa shape index (κ1) is 21.9. The first-order chi connectivity index (χ1) is 15.7. The van der Waals surface area contributed by atoms with Gasteiger partial charge in [0.15, 0.2) is 5.69 Å². The Morgan fingerprint density at radius 1 is 1.15 bits per heavy atom. The van der Waals surface area contributed by atoms with Crippen LogP contribution in [0.25, 0.3) is 11.1 Å². The van der Waals surface area contributed by atoms with Crippen LogP contribution in [0.3, 0.4) is 0 Å². The van der Waals surface area contributed by atoms with E-state index in [9.17, 15) is 22.4 Å². The zero-order valence-corrected chi connectivity index (χ0v) is 18.3. The highest BCUT2D eigenvalue weighted by Crippen LogP contribution is 2.55. The molecule has 2 saturated heterocycles. The van der Waals surface area contributed by atoms with E-state index in [0.29, 0.717) is 26.1 Å². The second-order valence-electron chi connectivity index (χ2n) is 9.08. The Bertz CT molecular complexity index is 1060. The van der Waals surface area contributed by atoms with Gasteiger partial charge in [-0.05, 0) is 48.8 Å². The standard InChI is InChI=1S/C23H24F4N4O2/c1-12-7-8-31(12)22-28-20(23(25,26)27)19(13-3-5-14(24)6-4-13)21(29-22)30-10-16-15(17(16)11-30)9-18(32)33-2/h3-6,12,15-17H,7-11H2,1-2H3/t12-,15?,16-,17+/m0/s1. The zero-order chi connectivity index (χ0) is 23.5. The first-order valence-electron chi connectivity index (χ1n) is 11.0. The fourth-order valence-corrected chi connectivity index (χ4v) is 5.10. The minimum atomic E-state index is -4.71. The molecular weight excluding hydrogens is 440 g/mol. The molecule has 0 amide bonds. The molecule has 1 aromatic carbocycles. The van der Waals surface area contributed by atoms with Crippen LogP contribution in [0.4, 0.5) is 29.3 Å². The van der Waals surface area contributed by atoms with E-state index in [2.05, 4.69) is 9.97 Å². The SMILES string of the molecule is COC(=O)CC1[C@H]2CN(c3nc(N4CC[C@@H]4C)nc(C(F)(F)F)c3-c3ccc(F)cc3)C[C@@H]12. The quantitative estimate of drug-likeness (QED) is 0.490. The van der Waals surface area contributed by atoms with E-state index in [0.717, 1.165) is 18.6 Å². The third-order valence-corrected chi connectivity index (χ3v) is 7.16. The minimum absolute atomic E-state index is 0.0621. The number of ether oxygens (including phenoxy) is 1. The Labute approximate surface area is 188 Å². The maximum Gasteiger partial charge on any atom is 0.434 e. The molecule has 3 heterocycles. The van der Waals surface area contributed by atoms with Gasteiger partial charge in [-0.1, -0.05) is 12.1 Å². The van der Waals surface area contributed by atoms with Crippen molar-refractivity contribution in [2.75, 3.05) is 36.5 Å². The summed E-state index contributed by atoms with van der Waals surface area (Å²) in [7, 11) is 1.35. The Kier molecular flexibility index (Phi) is 5.21. The molecule has 0 bridgehead atoms. The average molecular weight is 464 g/mol. The molecule has 1 unspecified atom stereocenters. The molecule has 1 aliphatic carbocycles. The Hall–Kier alpha value is -2.91. The highest BCUT2D eigenvalue weighted by Gasteiger charge is 2.57. The van der Waals surface area contributed by atoms with Crippen LogP contribution in [0.15, 0.2) is 24.3 Å². The van der Waals surface area contributed by atoms with Gasteiger partial charge in [-0.25, -0.2) is 9.37 Å². The number of halogens is 4. The van der Waals surface area contributed by atoms with Crippen LogP contribution in [-0.4, -0.2) is 48.7 Å². The fraction of sp³-hybridized carbons (Fsp3) is 0.522. The van der Waals surface area contributed by atoms with Crippen LogP contribution in [-0.2, 0) is 15.7 Å². The molecule has 0 radical (unpaired) electrons. The summed E-state index contributed by atoms with van der Waals surface area (Å²) >= 11 is 0. The van der Waals surface area contributed by atoms with Gasteiger partial charge in [0.25, 0.3) is 0 Å². The summed E-state index contributed by atoms with van der Waals surface area (Å²) in [5, 5.41) is 0. The summed E-state index contributed by atoms with van der Waals surface area (Å²) < 4.78 is 60.9. The molecule has 5 rings (SSSR count). The molecule has 6 nitrogen and oxygen atoms in total. The second-order valence-corrected chi connectivity index (χ2v) is 9.08. The number of esters is 1. The number of rotatable bonds is 5. The third kappa shape index (κ3) is 3.89. The number of fused-ring (bicyclic) bond motifs is 1. The lowest BCUT2D eigenvalue weighted by Gasteiger charge is -2.39. The molecule has 3 fully saturated rings. The molecule has 33 heavy (non-hydrogen) atoms. The maximum atomic E-state index is 14.2. The van der Waals surface area contributed by atoms with Crippen molar-refractivity contribution in [3.05, 3.63) is 35.8 Å². The van der Waals surface area contributed by atoms with Crippen LogP contribution in [0.2, 0.25) is 0 Å². The average Bonchev–Trinajstić information content (AvgIpc) is 3.19. The maximum absolute atomic E-state index is 14.2. The van der Waals surface area contributed by atoms with Gasteiger partial charge in [0.1, 0.15) is 11.6 Å². The van der Waals surface area contributed by atoms with Gasteiger partial charge in [0.2, 0.25) is 5.95 Å². The van der Waals surface area contributed by atoms with Gasteiger partial charge >= 0.3 is 12.1 Å². The van der Waals surface area contributed by atoms with E-state index in [-0.39, 0.29) is 52.7 Å². The van der Waals surface area contributed by atoms with Crippen molar-refractivity contribution in [2.24, 2.45) is 17.8 Å². The number of nitrogens with zero attached hydrogens (tertiary/aromatic N) is 4. The predicted molar refractivity (Wildman–Crippen MR) is 113 cm³/mol. The summed E-state index contributed by atoms with van der Waals surface area (Å²) in [6.07, 6.45) is -3.53. The second kappa shape index (κ2) is 7.85. The minimum Gasteiger partial charge on any atom is -0.469 e. The lowest BCUT2D eigenvalue weighted by atomic mass is 10.0. The summed E-state index contributed by atoms with van der Waals surface area (Å²) in [5.74, 6) is 0.0661. The number of piperidine rings is 1. The number of benzene rings is 1. The van der Waals surface area contributed by atoms with Crippen molar-refractivity contribution in [3.8, 4) is 11.1 Å². The molecular formula is C23H24F4N4O2. The highest BCUT2D eigenvalue weighted by atomic mass is 19.4. The summed E-state index contributed by atoms with van der Waals surface area (Å²) in [4.78, 5) is 23.8.